The molecule has 4 nitrogen and oxygen atoms in total. The first-order valence-electron chi connectivity index (χ1n) is 6.52. The van der Waals surface area contributed by atoms with Gasteiger partial charge in [0, 0.05) is 6.20 Å². The number of hydrogen-bond acceptors (Lipinski definition) is 3. The third kappa shape index (κ3) is 2.53. The molecule has 4 heteroatoms. The van der Waals surface area contributed by atoms with Crippen LogP contribution in [0.4, 0.5) is 0 Å². The standard InChI is InChI=1S/C15H17N3O/c16-15(12-5-4-10-19-11-12)14-8-9-18(17-14)13-6-2-1-3-7-13/h1-3,6-9,11,15H,4-5,10,16H2. The maximum atomic E-state index is 6.24. The topological polar surface area (TPSA) is 53.1 Å². The van der Waals surface area contributed by atoms with Crippen LogP contribution < -0.4 is 5.73 Å². The van der Waals surface area contributed by atoms with Crippen LogP contribution in [0.25, 0.3) is 5.69 Å². The maximum absolute atomic E-state index is 6.24. The van der Waals surface area contributed by atoms with Crippen LogP contribution in [0, 0.1) is 0 Å². The zero-order chi connectivity index (χ0) is 13.1. The van der Waals surface area contributed by atoms with Gasteiger partial charge in [0.05, 0.1) is 30.3 Å². The highest BCUT2D eigenvalue weighted by molar-refractivity contribution is 5.31. The zero-order valence-electron chi connectivity index (χ0n) is 10.7. The molecule has 1 atom stereocenters. The molecule has 1 aliphatic rings. The van der Waals surface area contributed by atoms with E-state index in [9.17, 15) is 0 Å². The molecule has 0 saturated carbocycles. The Morgan fingerprint density at radius 2 is 2.05 bits per heavy atom. The zero-order valence-corrected chi connectivity index (χ0v) is 10.7. The fourth-order valence-corrected chi connectivity index (χ4v) is 2.23. The van der Waals surface area contributed by atoms with E-state index in [4.69, 9.17) is 10.5 Å². The summed E-state index contributed by atoms with van der Waals surface area (Å²) in [7, 11) is 0. The van der Waals surface area contributed by atoms with Gasteiger partial charge in [-0.05, 0) is 36.6 Å². The summed E-state index contributed by atoms with van der Waals surface area (Å²) in [5, 5.41) is 4.55. The molecule has 98 valence electrons. The van der Waals surface area contributed by atoms with Crippen LogP contribution in [-0.2, 0) is 4.74 Å². The van der Waals surface area contributed by atoms with Crippen LogP contribution in [0.5, 0.6) is 0 Å². The van der Waals surface area contributed by atoms with Crippen molar-refractivity contribution < 1.29 is 4.74 Å². The van der Waals surface area contributed by atoms with E-state index in [1.807, 2.05) is 47.3 Å². The first-order valence-corrected chi connectivity index (χ1v) is 6.52. The number of rotatable bonds is 3. The summed E-state index contributed by atoms with van der Waals surface area (Å²) in [5.41, 5.74) is 9.26. The van der Waals surface area contributed by atoms with Gasteiger partial charge in [0.1, 0.15) is 0 Å². The summed E-state index contributed by atoms with van der Waals surface area (Å²) < 4.78 is 7.19. The Balaban J connectivity index is 1.83. The highest BCUT2D eigenvalue weighted by Crippen LogP contribution is 2.24. The summed E-state index contributed by atoms with van der Waals surface area (Å²) in [6.45, 7) is 0.786. The fourth-order valence-electron chi connectivity index (χ4n) is 2.23. The highest BCUT2D eigenvalue weighted by atomic mass is 16.5. The maximum Gasteiger partial charge on any atom is 0.0876 e. The molecule has 2 N–H and O–H groups in total. The van der Waals surface area contributed by atoms with Gasteiger partial charge in [0.15, 0.2) is 0 Å². The monoisotopic (exact) mass is 255 g/mol. The molecule has 1 aromatic carbocycles. The van der Waals surface area contributed by atoms with Crippen molar-refractivity contribution in [3.63, 3.8) is 0 Å². The fraction of sp³-hybridized carbons (Fsp3) is 0.267. The molecule has 0 radical (unpaired) electrons. The molecule has 0 aliphatic carbocycles. The van der Waals surface area contributed by atoms with Crippen molar-refractivity contribution >= 4 is 0 Å². The van der Waals surface area contributed by atoms with Crippen LogP contribution in [0.15, 0.2) is 54.4 Å². The summed E-state index contributed by atoms with van der Waals surface area (Å²) in [6, 6.07) is 11.8. The molecule has 1 aliphatic heterocycles. The van der Waals surface area contributed by atoms with E-state index in [-0.39, 0.29) is 6.04 Å². The van der Waals surface area contributed by atoms with Crippen molar-refractivity contribution in [2.24, 2.45) is 5.73 Å². The number of nitrogens with zero attached hydrogens (tertiary/aromatic N) is 2. The van der Waals surface area contributed by atoms with E-state index in [2.05, 4.69) is 5.10 Å². The molecule has 0 amide bonds. The highest BCUT2D eigenvalue weighted by Gasteiger charge is 2.17. The van der Waals surface area contributed by atoms with E-state index in [0.29, 0.717) is 0 Å². The van der Waals surface area contributed by atoms with Gasteiger partial charge in [-0.15, -0.1) is 0 Å². The number of aromatic nitrogens is 2. The van der Waals surface area contributed by atoms with Gasteiger partial charge in [-0.1, -0.05) is 18.2 Å². The van der Waals surface area contributed by atoms with Crippen LogP contribution in [-0.4, -0.2) is 16.4 Å². The number of hydrogen-bond donors (Lipinski definition) is 1. The van der Waals surface area contributed by atoms with Gasteiger partial charge < -0.3 is 10.5 Å². The minimum absolute atomic E-state index is 0.176. The molecule has 2 heterocycles. The average molecular weight is 255 g/mol. The lowest BCUT2D eigenvalue weighted by atomic mass is 10.0. The van der Waals surface area contributed by atoms with Crippen molar-refractivity contribution in [2.75, 3.05) is 6.61 Å². The minimum atomic E-state index is -0.176. The van der Waals surface area contributed by atoms with Gasteiger partial charge in [0.25, 0.3) is 0 Å². The average Bonchev–Trinajstić information content (AvgIpc) is 2.98. The predicted molar refractivity (Wildman–Crippen MR) is 73.8 cm³/mol. The quantitative estimate of drug-likeness (QED) is 0.917. The minimum Gasteiger partial charge on any atom is -0.501 e. The molecule has 19 heavy (non-hydrogen) atoms. The molecule has 0 saturated heterocycles. The van der Waals surface area contributed by atoms with Gasteiger partial charge in [-0.2, -0.15) is 5.10 Å². The Hall–Kier alpha value is -2.07. The van der Waals surface area contributed by atoms with Crippen molar-refractivity contribution in [3.8, 4) is 5.69 Å². The van der Waals surface area contributed by atoms with Gasteiger partial charge in [0.2, 0.25) is 0 Å². The largest absolute Gasteiger partial charge is 0.501 e. The smallest absolute Gasteiger partial charge is 0.0876 e. The molecule has 2 aromatic rings. The summed E-state index contributed by atoms with van der Waals surface area (Å²) >= 11 is 0. The lowest BCUT2D eigenvalue weighted by molar-refractivity contribution is 0.221. The third-order valence-corrected chi connectivity index (χ3v) is 3.31. The Morgan fingerprint density at radius 1 is 1.21 bits per heavy atom. The van der Waals surface area contributed by atoms with Crippen LogP contribution in [0.2, 0.25) is 0 Å². The SMILES string of the molecule is NC(C1=COCCC1)c1ccn(-c2ccccc2)n1. The van der Waals surface area contributed by atoms with Crippen LogP contribution in [0.1, 0.15) is 24.6 Å². The lowest BCUT2D eigenvalue weighted by Gasteiger charge is -2.18. The Bertz CT molecular complexity index is 574. The number of benzene rings is 1. The predicted octanol–water partition coefficient (Wildman–Crippen LogP) is 2.57. The third-order valence-electron chi connectivity index (χ3n) is 3.31. The molecular formula is C15H17N3O. The van der Waals surface area contributed by atoms with Crippen molar-refractivity contribution in [3.05, 3.63) is 60.1 Å². The van der Waals surface area contributed by atoms with E-state index in [1.165, 1.54) is 0 Å². The molecule has 1 aromatic heterocycles. The normalized spacial score (nSPS) is 16.6. The van der Waals surface area contributed by atoms with E-state index >= 15 is 0 Å². The number of para-hydroxylation sites is 1. The van der Waals surface area contributed by atoms with Crippen molar-refractivity contribution in [1.82, 2.24) is 9.78 Å². The first-order chi connectivity index (χ1) is 9.34. The van der Waals surface area contributed by atoms with E-state index in [1.54, 1.807) is 6.26 Å². The van der Waals surface area contributed by atoms with Gasteiger partial charge in [-0.3, -0.25) is 0 Å². The summed E-state index contributed by atoms with van der Waals surface area (Å²) in [4.78, 5) is 0. The van der Waals surface area contributed by atoms with Crippen LogP contribution in [0.3, 0.4) is 0 Å². The van der Waals surface area contributed by atoms with Crippen molar-refractivity contribution in [2.45, 2.75) is 18.9 Å². The van der Waals surface area contributed by atoms with Gasteiger partial charge >= 0.3 is 0 Å². The number of ether oxygens (including phenoxy) is 1. The van der Waals surface area contributed by atoms with Crippen LogP contribution >= 0.6 is 0 Å². The second kappa shape index (κ2) is 5.28. The molecule has 1 unspecified atom stereocenters. The van der Waals surface area contributed by atoms with Crippen molar-refractivity contribution in [1.29, 1.82) is 0 Å². The Labute approximate surface area is 112 Å². The molecule has 0 fully saturated rings. The summed E-state index contributed by atoms with van der Waals surface area (Å²) in [6.07, 6.45) is 5.74. The molecule has 0 spiro atoms. The molecule has 0 bridgehead atoms. The first kappa shape index (κ1) is 12.0. The molecular weight excluding hydrogens is 238 g/mol. The van der Waals surface area contributed by atoms with E-state index < -0.39 is 0 Å². The Kier molecular flexibility index (Phi) is 3.33. The van der Waals surface area contributed by atoms with Gasteiger partial charge in [-0.25, -0.2) is 4.68 Å². The lowest BCUT2D eigenvalue weighted by Crippen LogP contribution is -2.17. The molecule has 3 rings (SSSR count). The van der Waals surface area contributed by atoms with E-state index in [0.717, 1.165) is 36.4 Å². The second-order valence-electron chi connectivity index (χ2n) is 4.67. The Morgan fingerprint density at radius 3 is 2.79 bits per heavy atom. The number of nitrogens with two attached hydrogens (primary N) is 1. The summed E-state index contributed by atoms with van der Waals surface area (Å²) in [5.74, 6) is 0. The second-order valence-corrected chi connectivity index (χ2v) is 4.67.